The standard InChI is InChI=1S/C13H26N2O3/c1-12(17,7-8-18-2)10-15-11(16)9-13(14)5-3-4-6-13/h17H,3-10,14H2,1-2H3,(H,15,16). The lowest BCUT2D eigenvalue weighted by atomic mass is 9.94. The maximum Gasteiger partial charge on any atom is 0.221 e. The van der Waals surface area contributed by atoms with Gasteiger partial charge in [-0.3, -0.25) is 4.79 Å². The quantitative estimate of drug-likeness (QED) is 0.622. The highest BCUT2D eigenvalue weighted by Crippen LogP contribution is 2.29. The molecular formula is C13H26N2O3. The third kappa shape index (κ3) is 5.33. The molecule has 5 nitrogen and oxygen atoms in total. The molecule has 1 fully saturated rings. The Morgan fingerprint density at radius 2 is 2.11 bits per heavy atom. The number of carbonyl (C=O) groups excluding carboxylic acids is 1. The first-order valence-electron chi connectivity index (χ1n) is 6.64. The number of hydrogen-bond donors (Lipinski definition) is 3. The molecular weight excluding hydrogens is 232 g/mol. The van der Waals surface area contributed by atoms with Crippen LogP contribution in [0.2, 0.25) is 0 Å². The summed E-state index contributed by atoms with van der Waals surface area (Å²) in [6.07, 6.45) is 4.90. The molecule has 4 N–H and O–H groups in total. The number of hydrogen-bond acceptors (Lipinski definition) is 4. The van der Waals surface area contributed by atoms with Gasteiger partial charge < -0.3 is 20.9 Å². The van der Waals surface area contributed by atoms with E-state index in [0.717, 1.165) is 25.7 Å². The van der Waals surface area contributed by atoms with Crippen LogP contribution in [0.3, 0.4) is 0 Å². The molecule has 0 aliphatic heterocycles. The van der Waals surface area contributed by atoms with Gasteiger partial charge in [0, 0.05) is 38.6 Å². The van der Waals surface area contributed by atoms with Crippen molar-refractivity contribution in [1.82, 2.24) is 5.32 Å². The monoisotopic (exact) mass is 258 g/mol. The van der Waals surface area contributed by atoms with Gasteiger partial charge >= 0.3 is 0 Å². The van der Waals surface area contributed by atoms with E-state index in [1.165, 1.54) is 0 Å². The van der Waals surface area contributed by atoms with Gasteiger partial charge in [0.05, 0.1) is 5.60 Å². The summed E-state index contributed by atoms with van der Waals surface area (Å²) < 4.78 is 4.92. The number of nitrogens with one attached hydrogen (secondary N) is 1. The van der Waals surface area contributed by atoms with E-state index in [1.54, 1.807) is 14.0 Å². The van der Waals surface area contributed by atoms with Crippen LogP contribution in [-0.2, 0) is 9.53 Å². The van der Waals surface area contributed by atoms with E-state index in [-0.39, 0.29) is 18.0 Å². The summed E-state index contributed by atoms with van der Waals surface area (Å²) in [6.45, 7) is 2.41. The first kappa shape index (κ1) is 15.4. The van der Waals surface area contributed by atoms with E-state index in [2.05, 4.69) is 5.32 Å². The molecule has 1 aliphatic rings. The van der Waals surface area contributed by atoms with Gasteiger partial charge in [-0.15, -0.1) is 0 Å². The summed E-state index contributed by atoms with van der Waals surface area (Å²) in [5.41, 5.74) is 4.88. The van der Waals surface area contributed by atoms with E-state index >= 15 is 0 Å². The number of rotatable bonds is 7. The van der Waals surface area contributed by atoms with E-state index in [0.29, 0.717) is 19.4 Å². The van der Waals surface area contributed by atoms with Gasteiger partial charge in [0.1, 0.15) is 0 Å². The van der Waals surface area contributed by atoms with Crippen LogP contribution in [0.15, 0.2) is 0 Å². The largest absolute Gasteiger partial charge is 0.388 e. The summed E-state index contributed by atoms with van der Waals surface area (Å²) >= 11 is 0. The fourth-order valence-electron chi connectivity index (χ4n) is 2.34. The second kappa shape index (κ2) is 6.50. The van der Waals surface area contributed by atoms with Crippen molar-refractivity contribution in [2.75, 3.05) is 20.3 Å². The van der Waals surface area contributed by atoms with Gasteiger partial charge in [-0.05, 0) is 19.8 Å². The molecule has 1 amide bonds. The Morgan fingerprint density at radius 3 is 2.67 bits per heavy atom. The summed E-state index contributed by atoms with van der Waals surface area (Å²) in [6, 6.07) is 0. The molecule has 0 radical (unpaired) electrons. The van der Waals surface area contributed by atoms with Gasteiger partial charge in [-0.25, -0.2) is 0 Å². The van der Waals surface area contributed by atoms with E-state index in [4.69, 9.17) is 10.5 Å². The van der Waals surface area contributed by atoms with Crippen LogP contribution >= 0.6 is 0 Å². The van der Waals surface area contributed by atoms with Crippen molar-refractivity contribution in [3.8, 4) is 0 Å². The van der Waals surface area contributed by atoms with Crippen molar-refractivity contribution in [3.05, 3.63) is 0 Å². The number of carbonyl (C=O) groups is 1. The lowest BCUT2D eigenvalue weighted by molar-refractivity contribution is -0.123. The van der Waals surface area contributed by atoms with Crippen molar-refractivity contribution in [2.24, 2.45) is 5.73 Å². The maximum atomic E-state index is 11.8. The number of aliphatic hydroxyl groups is 1. The fourth-order valence-corrected chi connectivity index (χ4v) is 2.34. The van der Waals surface area contributed by atoms with Gasteiger partial charge in [-0.1, -0.05) is 12.8 Å². The lowest BCUT2D eigenvalue weighted by Gasteiger charge is -2.26. The Morgan fingerprint density at radius 1 is 1.50 bits per heavy atom. The third-order valence-corrected chi connectivity index (χ3v) is 3.62. The smallest absolute Gasteiger partial charge is 0.221 e. The van der Waals surface area contributed by atoms with Crippen molar-refractivity contribution >= 4 is 5.91 Å². The molecule has 0 spiro atoms. The third-order valence-electron chi connectivity index (χ3n) is 3.62. The normalized spacial score (nSPS) is 21.6. The van der Waals surface area contributed by atoms with Crippen molar-refractivity contribution in [1.29, 1.82) is 0 Å². The molecule has 1 saturated carbocycles. The molecule has 5 heteroatoms. The molecule has 0 aromatic heterocycles. The zero-order chi connectivity index (χ0) is 13.6. The van der Waals surface area contributed by atoms with Crippen LogP contribution in [-0.4, -0.2) is 42.4 Å². The molecule has 1 aliphatic carbocycles. The van der Waals surface area contributed by atoms with Crippen molar-refractivity contribution in [3.63, 3.8) is 0 Å². The highest BCUT2D eigenvalue weighted by molar-refractivity contribution is 5.77. The topological polar surface area (TPSA) is 84.6 Å². The predicted octanol–water partition coefficient (Wildman–Crippen LogP) is 0.552. The maximum absolute atomic E-state index is 11.8. The Labute approximate surface area is 109 Å². The first-order valence-corrected chi connectivity index (χ1v) is 6.64. The summed E-state index contributed by atoms with van der Waals surface area (Å²) in [4.78, 5) is 11.8. The molecule has 0 aromatic rings. The number of ether oxygens (including phenoxy) is 1. The summed E-state index contributed by atoms with van der Waals surface area (Å²) in [5, 5.41) is 12.8. The highest BCUT2D eigenvalue weighted by Gasteiger charge is 2.32. The molecule has 0 aromatic carbocycles. The van der Waals surface area contributed by atoms with E-state index in [1.807, 2.05) is 0 Å². The Hall–Kier alpha value is -0.650. The zero-order valence-corrected chi connectivity index (χ0v) is 11.5. The van der Waals surface area contributed by atoms with Crippen LogP contribution in [0.1, 0.15) is 45.4 Å². The number of methoxy groups -OCH3 is 1. The molecule has 18 heavy (non-hydrogen) atoms. The average Bonchev–Trinajstić information content (AvgIpc) is 2.71. The second-order valence-corrected chi connectivity index (χ2v) is 5.76. The molecule has 0 saturated heterocycles. The van der Waals surface area contributed by atoms with Crippen LogP contribution in [0, 0.1) is 0 Å². The fraction of sp³-hybridized carbons (Fsp3) is 0.923. The van der Waals surface area contributed by atoms with Gasteiger partial charge in [-0.2, -0.15) is 0 Å². The molecule has 106 valence electrons. The molecule has 0 bridgehead atoms. The predicted molar refractivity (Wildman–Crippen MR) is 70.1 cm³/mol. The van der Waals surface area contributed by atoms with Crippen LogP contribution in [0.5, 0.6) is 0 Å². The average molecular weight is 258 g/mol. The minimum atomic E-state index is -0.927. The molecule has 1 rings (SSSR count). The number of nitrogens with two attached hydrogens (primary N) is 1. The highest BCUT2D eigenvalue weighted by atomic mass is 16.5. The zero-order valence-electron chi connectivity index (χ0n) is 11.5. The van der Waals surface area contributed by atoms with Crippen LogP contribution in [0.4, 0.5) is 0 Å². The van der Waals surface area contributed by atoms with Crippen LogP contribution < -0.4 is 11.1 Å². The number of amides is 1. The first-order chi connectivity index (χ1) is 8.37. The minimum Gasteiger partial charge on any atom is -0.388 e. The Balaban J connectivity index is 2.27. The molecule has 0 heterocycles. The van der Waals surface area contributed by atoms with E-state index in [9.17, 15) is 9.90 Å². The van der Waals surface area contributed by atoms with Crippen LogP contribution in [0.25, 0.3) is 0 Å². The van der Waals surface area contributed by atoms with Gasteiger partial charge in [0.2, 0.25) is 5.91 Å². The van der Waals surface area contributed by atoms with Gasteiger partial charge in [0.25, 0.3) is 0 Å². The van der Waals surface area contributed by atoms with Gasteiger partial charge in [0.15, 0.2) is 0 Å². The minimum absolute atomic E-state index is 0.0721. The van der Waals surface area contributed by atoms with Crippen molar-refractivity contribution < 1.29 is 14.6 Å². The summed E-state index contributed by atoms with van der Waals surface area (Å²) in [5.74, 6) is -0.0721. The summed E-state index contributed by atoms with van der Waals surface area (Å²) in [7, 11) is 1.59. The van der Waals surface area contributed by atoms with Crippen molar-refractivity contribution in [2.45, 2.75) is 56.6 Å². The van der Waals surface area contributed by atoms with E-state index < -0.39 is 5.60 Å². The lowest BCUT2D eigenvalue weighted by Crippen LogP contribution is -2.46. The molecule has 1 unspecified atom stereocenters. The second-order valence-electron chi connectivity index (χ2n) is 5.76. The molecule has 1 atom stereocenters. The Kier molecular flexibility index (Phi) is 5.56. The SMILES string of the molecule is COCCC(C)(O)CNC(=O)CC1(N)CCCC1. The Bertz CT molecular complexity index is 273.